The van der Waals surface area contributed by atoms with Crippen LogP contribution in [0.15, 0.2) is 54.6 Å². The van der Waals surface area contributed by atoms with Crippen molar-refractivity contribution in [3.05, 3.63) is 77.1 Å². The van der Waals surface area contributed by atoms with Gasteiger partial charge in [0.15, 0.2) is 11.5 Å². The average Bonchev–Trinajstić information content (AvgIpc) is 2.53. The van der Waals surface area contributed by atoms with Crippen LogP contribution in [-0.2, 0) is 0 Å². The van der Waals surface area contributed by atoms with Crippen LogP contribution in [0.5, 0.6) is 0 Å². The summed E-state index contributed by atoms with van der Waals surface area (Å²) in [6, 6.07) is 17.0. The summed E-state index contributed by atoms with van der Waals surface area (Å²) in [5.41, 5.74) is 2.53. The van der Waals surface area contributed by atoms with Crippen LogP contribution in [0.1, 0.15) is 41.6 Å². The quantitative estimate of drug-likeness (QED) is 0.549. The highest BCUT2D eigenvalue weighted by atomic mass is 16.1. The summed E-state index contributed by atoms with van der Waals surface area (Å²) in [4.78, 5) is 15.7. The number of hydrogen-bond acceptors (Lipinski definition) is 1. The molecule has 0 radical (unpaired) electrons. The molecular weight excluding hydrogens is 246 g/mol. The first-order chi connectivity index (χ1) is 9.74. The molecule has 2 rings (SSSR count). The SMILES string of the molecule is [C-]#[N+]c1ccc([C@@H](CC)CC(=O)c2ccccc2)cc1. The maximum absolute atomic E-state index is 12.3. The summed E-state index contributed by atoms with van der Waals surface area (Å²) in [6.07, 6.45) is 1.42. The Labute approximate surface area is 119 Å². The van der Waals surface area contributed by atoms with E-state index in [0.717, 1.165) is 17.5 Å². The van der Waals surface area contributed by atoms with E-state index in [-0.39, 0.29) is 11.7 Å². The molecule has 2 aromatic carbocycles. The summed E-state index contributed by atoms with van der Waals surface area (Å²) in [6.45, 7) is 9.05. The Bertz CT molecular complexity index is 608. The van der Waals surface area contributed by atoms with Gasteiger partial charge in [-0.05, 0) is 17.9 Å². The van der Waals surface area contributed by atoms with Gasteiger partial charge >= 0.3 is 0 Å². The Kier molecular flexibility index (Phi) is 4.68. The molecule has 0 N–H and O–H groups in total. The van der Waals surface area contributed by atoms with Gasteiger partial charge in [-0.15, -0.1) is 0 Å². The maximum Gasteiger partial charge on any atom is 0.187 e. The Morgan fingerprint density at radius 3 is 2.30 bits per heavy atom. The van der Waals surface area contributed by atoms with Gasteiger partial charge in [-0.3, -0.25) is 4.79 Å². The Morgan fingerprint density at radius 2 is 1.75 bits per heavy atom. The third-order valence-corrected chi connectivity index (χ3v) is 3.51. The molecule has 2 aromatic rings. The van der Waals surface area contributed by atoms with Gasteiger partial charge in [0.05, 0.1) is 6.57 Å². The summed E-state index contributed by atoms with van der Waals surface area (Å²) in [5, 5.41) is 0. The smallest absolute Gasteiger partial charge is 0.187 e. The molecular formula is C18H17NO. The number of Topliss-reactive ketones (excluding diaryl/α,β-unsaturated/α-hetero) is 1. The minimum absolute atomic E-state index is 0.173. The second-order valence-electron chi connectivity index (χ2n) is 4.80. The minimum Gasteiger partial charge on any atom is -0.294 e. The van der Waals surface area contributed by atoms with Crippen molar-refractivity contribution in [2.75, 3.05) is 0 Å². The van der Waals surface area contributed by atoms with E-state index in [1.807, 2.05) is 54.6 Å². The topological polar surface area (TPSA) is 21.4 Å². The molecule has 0 bridgehead atoms. The summed E-state index contributed by atoms with van der Waals surface area (Å²) >= 11 is 0. The van der Waals surface area contributed by atoms with Crippen molar-refractivity contribution in [1.29, 1.82) is 0 Å². The lowest BCUT2D eigenvalue weighted by Gasteiger charge is -2.14. The Balaban J connectivity index is 2.12. The molecule has 20 heavy (non-hydrogen) atoms. The largest absolute Gasteiger partial charge is 0.294 e. The molecule has 0 saturated carbocycles. The number of hydrogen-bond donors (Lipinski definition) is 0. The lowest BCUT2D eigenvalue weighted by molar-refractivity contribution is 0.0973. The van der Waals surface area contributed by atoms with Crippen LogP contribution < -0.4 is 0 Å². The fourth-order valence-corrected chi connectivity index (χ4v) is 2.28. The van der Waals surface area contributed by atoms with Crippen molar-refractivity contribution in [2.45, 2.75) is 25.7 Å². The molecule has 0 saturated heterocycles. The van der Waals surface area contributed by atoms with Gasteiger partial charge in [-0.1, -0.05) is 61.5 Å². The van der Waals surface area contributed by atoms with E-state index >= 15 is 0 Å². The molecule has 0 aliphatic heterocycles. The average molecular weight is 263 g/mol. The first-order valence-corrected chi connectivity index (χ1v) is 6.80. The lowest BCUT2D eigenvalue weighted by atomic mass is 9.89. The van der Waals surface area contributed by atoms with E-state index in [2.05, 4.69) is 11.8 Å². The first kappa shape index (κ1) is 14.0. The zero-order valence-electron chi connectivity index (χ0n) is 11.5. The van der Waals surface area contributed by atoms with E-state index in [4.69, 9.17) is 6.57 Å². The van der Waals surface area contributed by atoms with Gasteiger partial charge in [-0.25, -0.2) is 4.85 Å². The number of nitrogens with zero attached hydrogens (tertiary/aromatic N) is 1. The highest BCUT2D eigenvalue weighted by Gasteiger charge is 2.15. The van der Waals surface area contributed by atoms with Gasteiger partial charge in [0, 0.05) is 12.0 Å². The lowest BCUT2D eigenvalue weighted by Crippen LogP contribution is -2.07. The fourth-order valence-electron chi connectivity index (χ4n) is 2.28. The first-order valence-electron chi connectivity index (χ1n) is 6.80. The number of carbonyl (C=O) groups is 1. The highest BCUT2D eigenvalue weighted by Crippen LogP contribution is 2.26. The predicted octanol–water partition coefficient (Wildman–Crippen LogP) is 5.00. The number of carbonyl (C=O) groups excluding carboxylic acids is 1. The molecule has 0 spiro atoms. The fraction of sp³-hybridized carbons (Fsp3) is 0.222. The zero-order valence-corrected chi connectivity index (χ0v) is 11.5. The highest BCUT2D eigenvalue weighted by molar-refractivity contribution is 5.96. The van der Waals surface area contributed by atoms with Crippen molar-refractivity contribution in [3.8, 4) is 0 Å². The van der Waals surface area contributed by atoms with Crippen LogP contribution in [0.3, 0.4) is 0 Å². The monoisotopic (exact) mass is 263 g/mol. The molecule has 2 heteroatoms. The zero-order chi connectivity index (χ0) is 14.4. The number of benzene rings is 2. The molecule has 0 amide bonds. The molecule has 0 heterocycles. The van der Waals surface area contributed by atoms with E-state index < -0.39 is 0 Å². The molecule has 0 aromatic heterocycles. The van der Waals surface area contributed by atoms with E-state index in [1.165, 1.54) is 0 Å². The second kappa shape index (κ2) is 6.68. The molecule has 0 fully saturated rings. The van der Waals surface area contributed by atoms with Crippen LogP contribution in [0.2, 0.25) is 0 Å². The Hall–Kier alpha value is -2.40. The number of ketones is 1. The van der Waals surface area contributed by atoms with Gasteiger partial charge < -0.3 is 0 Å². The standard InChI is InChI=1S/C18H17NO/c1-3-14(15-9-11-17(19-2)12-10-15)13-18(20)16-7-5-4-6-8-16/h4-12,14H,3,13H2,1H3/t14-/m0/s1. The van der Waals surface area contributed by atoms with Crippen LogP contribution in [0.25, 0.3) is 4.85 Å². The van der Waals surface area contributed by atoms with Gasteiger partial charge in [-0.2, -0.15) is 0 Å². The minimum atomic E-state index is 0.173. The van der Waals surface area contributed by atoms with Crippen molar-refractivity contribution in [3.63, 3.8) is 0 Å². The molecule has 0 aliphatic rings. The van der Waals surface area contributed by atoms with Crippen molar-refractivity contribution in [1.82, 2.24) is 0 Å². The van der Waals surface area contributed by atoms with E-state index in [0.29, 0.717) is 12.1 Å². The number of rotatable bonds is 5. The summed E-state index contributed by atoms with van der Waals surface area (Å²) in [5.74, 6) is 0.384. The van der Waals surface area contributed by atoms with Crippen LogP contribution in [-0.4, -0.2) is 5.78 Å². The van der Waals surface area contributed by atoms with Crippen LogP contribution in [0.4, 0.5) is 5.69 Å². The van der Waals surface area contributed by atoms with Crippen molar-refractivity contribution < 1.29 is 4.79 Å². The third-order valence-electron chi connectivity index (χ3n) is 3.51. The maximum atomic E-state index is 12.3. The normalized spacial score (nSPS) is 11.6. The molecule has 1 atom stereocenters. The molecule has 2 nitrogen and oxygen atoms in total. The van der Waals surface area contributed by atoms with Crippen LogP contribution in [0, 0.1) is 6.57 Å². The molecule has 0 unspecified atom stereocenters. The van der Waals surface area contributed by atoms with Gasteiger partial charge in [0.2, 0.25) is 0 Å². The van der Waals surface area contributed by atoms with E-state index in [1.54, 1.807) is 0 Å². The second-order valence-corrected chi connectivity index (χ2v) is 4.80. The van der Waals surface area contributed by atoms with Crippen molar-refractivity contribution in [2.24, 2.45) is 0 Å². The third kappa shape index (κ3) is 3.33. The Morgan fingerprint density at radius 1 is 1.10 bits per heavy atom. The van der Waals surface area contributed by atoms with Crippen LogP contribution >= 0.6 is 0 Å². The molecule has 0 aliphatic carbocycles. The summed E-state index contributed by atoms with van der Waals surface area (Å²) < 4.78 is 0. The summed E-state index contributed by atoms with van der Waals surface area (Å²) in [7, 11) is 0. The molecule has 100 valence electrons. The predicted molar refractivity (Wildman–Crippen MR) is 81.1 cm³/mol. The van der Waals surface area contributed by atoms with Gasteiger partial charge in [0.1, 0.15) is 0 Å². The van der Waals surface area contributed by atoms with E-state index in [9.17, 15) is 4.79 Å². The van der Waals surface area contributed by atoms with Crippen molar-refractivity contribution >= 4 is 11.5 Å². The van der Waals surface area contributed by atoms with Gasteiger partial charge in [0.25, 0.3) is 0 Å².